The van der Waals surface area contributed by atoms with Crippen molar-refractivity contribution >= 4 is 35.9 Å². The summed E-state index contributed by atoms with van der Waals surface area (Å²) >= 11 is 0.262. The molecule has 0 amide bonds. The fourth-order valence-electron chi connectivity index (χ4n) is 3.13. The second kappa shape index (κ2) is 9.55. The maximum atomic E-state index is 2.54. The quantitative estimate of drug-likeness (QED) is 0.280. The van der Waals surface area contributed by atoms with Crippen LogP contribution in [0.4, 0.5) is 0 Å². The molecule has 2 rings (SSSR count). The molecule has 2 aliphatic heterocycles. The number of allylic oxidation sites excluding steroid dienone is 12. The third kappa shape index (κ3) is 7.93. The van der Waals surface area contributed by atoms with Crippen LogP contribution in [0.15, 0.2) is 66.2 Å². The van der Waals surface area contributed by atoms with Crippen molar-refractivity contribution in [3.8, 4) is 0 Å². The van der Waals surface area contributed by atoms with E-state index < -0.39 is 0 Å². The summed E-state index contributed by atoms with van der Waals surface area (Å²) in [7, 11) is 0. The average Bonchev–Trinajstić information content (AvgIpc) is 2.58. The van der Waals surface area contributed by atoms with E-state index in [4.69, 9.17) is 0 Å². The Kier molecular flexibility index (Phi) is 8.31. The fourth-order valence-corrected chi connectivity index (χ4v) is 9.75. The van der Waals surface area contributed by atoms with Gasteiger partial charge in [0.05, 0.1) is 0 Å². The van der Waals surface area contributed by atoms with Crippen LogP contribution in [0.25, 0.3) is 0 Å². The van der Waals surface area contributed by atoms with Crippen molar-refractivity contribution < 1.29 is 0 Å². The van der Waals surface area contributed by atoms with Gasteiger partial charge in [0, 0.05) is 0 Å². The van der Waals surface area contributed by atoms with Gasteiger partial charge in [0.2, 0.25) is 0 Å². The molecule has 0 radical (unpaired) electrons. The van der Waals surface area contributed by atoms with Crippen LogP contribution in [-0.2, 0) is 0 Å². The van der Waals surface area contributed by atoms with Gasteiger partial charge >= 0.3 is 211 Å². The molecule has 0 saturated carbocycles. The van der Waals surface area contributed by atoms with E-state index in [1.54, 1.807) is 12.6 Å². The van der Waals surface area contributed by atoms with Gasteiger partial charge in [0.15, 0.2) is 0 Å². The van der Waals surface area contributed by atoms with Crippen LogP contribution in [0.2, 0.25) is 3.97 Å². The molecule has 1 unspecified atom stereocenters. The molecule has 2 heterocycles. The van der Waals surface area contributed by atoms with Gasteiger partial charge in [-0.2, -0.15) is 0 Å². The molecular formula is C29H44SeTe. The summed E-state index contributed by atoms with van der Waals surface area (Å²) in [6.07, 6.45) is 16.8. The summed E-state index contributed by atoms with van der Waals surface area (Å²) in [6.45, 7) is 28.4. The average molecular weight is 599 g/mol. The molecule has 31 heavy (non-hydrogen) atoms. The first-order valence-electron chi connectivity index (χ1n) is 11.5. The summed E-state index contributed by atoms with van der Waals surface area (Å²) in [4.78, 5) is 0. The second-order valence-electron chi connectivity index (χ2n) is 13.0. The van der Waals surface area contributed by atoms with E-state index in [9.17, 15) is 0 Å². The Morgan fingerprint density at radius 1 is 0.742 bits per heavy atom. The van der Waals surface area contributed by atoms with Crippen molar-refractivity contribution in [2.24, 2.45) is 21.7 Å². The Bertz CT molecular complexity index is 828. The minimum atomic E-state index is -0.181. The van der Waals surface area contributed by atoms with E-state index in [2.05, 4.69) is 126 Å². The molecule has 0 aromatic carbocycles. The monoisotopic (exact) mass is 602 g/mol. The van der Waals surface area contributed by atoms with E-state index in [-0.39, 0.29) is 37.2 Å². The van der Waals surface area contributed by atoms with E-state index >= 15 is 0 Å². The third-order valence-electron chi connectivity index (χ3n) is 5.36. The molecule has 0 aromatic rings. The summed E-state index contributed by atoms with van der Waals surface area (Å²) in [6, 6.07) is 0. The van der Waals surface area contributed by atoms with Crippen LogP contribution in [0.1, 0.15) is 83.1 Å². The number of hydrogen-bond acceptors (Lipinski definition) is 0. The van der Waals surface area contributed by atoms with Gasteiger partial charge < -0.3 is 0 Å². The Morgan fingerprint density at radius 3 is 1.68 bits per heavy atom. The molecule has 0 nitrogen and oxygen atoms in total. The SMILES string of the molecule is CC(C)(C)C1=CC(=C/C=C/C2=CC(C(C)(C)C)[Te]C(C(C)(C)C)=C2)C=C(C(C)(C)C)[Se]1. The van der Waals surface area contributed by atoms with Crippen LogP contribution in [0, 0.1) is 21.7 Å². The normalized spacial score (nSPS) is 21.5. The molecular weight excluding hydrogens is 555 g/mol. The molecule has 2 aliphatic rings. The standard InChI is InChI=1S/C29H44SeTe/c1-26(2,3)22-16-20(17-23(30-22)27(4,5)6)14-13-15-21-18-24(28(7,8)9)31-25(19-21)29(10,11)12/h13-19,24H,1-12H3/b15-13+. The number of hydrogen-bond donors (Lipinski definition) is 0. The van der Waals surface area contributed by atoms with E-state index in [0.29, 0.717) is 24.3 Å². The number of rotatable bonds is 2. The molecule has 0 bridgehead atoms. The first-order chi connectivity index (χ1) is 13.9. The first-order valence-corrected chi connectivity index (χ1v) is 15.7. The fraction of sp³-hybridized carbons (Fsp3) is 0.586. The molecule has 0 aliphatic carbocycles. The van der Waals surface area contributed by atoms with Crippen LogP contribution < -0.4 is 0 Å². The third-order valence-corrected chi connectivity index (χ3v) is 15.3. The predicted molar refractivity (Wildman–Crippen MR) is 143 cm³/mol. The predicted octanol–water partition coefficient (Wildman–Crippen LogP) is 8.46. The van der Waals surface area contributed by atoms with Crippen molar-refractivity contribution in [3.63, 3.8) is 0 Å². The summed E-state index contributed by atoms with van der Waals surface area (Å²) in [5.74, 6) is 0. The Morgan fingerprint density at radius 2 is 1.26 bits per heavy atom. The summed E-state index contributed by atoms with van der Waals surface area (Å²) < 4.78 is 5.59. The van der Waals surface area contributed by atoms with Gasteiger partial charge in [-0.15, -0.1) is 0 Å². The second-order valence-corrected chi connectivity index (χ2v) is 18.6. The van der Waals surface area contributed by atoms with Gasteiger partial charge in [-0.05, 0) is 0 Å². The van der Waals surface area contributed by atoms with Crippen molar-refractivity contribution in [2.45, 2.75) is 87.1 Å². The van der Waals surface area contributed by atoms with Crippen LogP contribution >= 0.6 is 0 Å². The minimum absolute atomic E-state index is 0.181. The van der Waals surface area contributed by atoms with Gasteiger partial charge in [0.1, 0.15) is 0 Å². The first kappa shape index (κ1) is 27.0. The van der Waals surface area contributed by atoms with E-state index in [0.717, 1.165) is 0 Å². The summed E-state index contributed by atoms with van der Waals surface area (Å²) in [5.41, 5.74) is 3.81. The van der Waals surface area contributed by atoms with Crippen LogP contribution in [0.5, 0.6) is 0 Å². The van der Waals surface area contributed by atoms with Crippen molar-refractivity contribution in [1.29, 1.82) is 0 Å². The Balaban J connectivity index is 2.40. The molecule has 1 atom stereocenters. The zero-order valence-electron chi connectivity index (χ0n) is 21.9. The molecule has 0 spiro atoms. The molecule has 0 aromatic heterocycles. The van der Waals surface area contributed by atoms with Crippen LogP contribution in [-0.4, -0.2) is 35.9 Å². The Hall–Kier alpha value is -0.251. The molecule has 0 fully saturated rings. The van der Waals surface area contributed by atoms with Crippen molar-refractivity contribution in [2.75, 3.05) is 0 Å². The molecule has 0 N–H and O–H groups in total. The molecule has 2 heteroatoms. The van der Waals surface area contributed by atoms with E-state index in [1.165, 1.54) is 11.1 Å². The van der Waals surface area contributed by atoms with Crippen molar-refractivity contribution in [3.05, 3.63) is 66.2 Å². The zero-order chi connectivity index (χ0) is 23.8. The van der Waals surface area contributed by atoms with Gasteiger partial charge in [-0.25, -0.2) is 0 Å². The Labute approximate surface area is 209 Å². The summed E-state index contributed by atoms with van der Waals surface area (Å²) in [5, 5.41) is 0. The van der Waals surface area contributed by atoms with Crippen molar-refractivity contribution in [1.82, 2.24) is 0 Å². The molecule has 172 valence electrons. The zero-order valence-corrected chi connectivity index (χ0v) is 26.0. The van der Waals surface area contributed by atoms with Gasteiger partial charge in [0.25, 0.3) is 0 Å². The van der Waals surface area contributed by atoms with Crippen LogP contribution in [0.3, 0.4) is 0 Å². The van der Waals surface area contributed by atoms with Gasteiger partial charge in [-0.3, -0.25) is 0 Å². The van der Waals surface area contributed by atoms with E-state index in [1.807, 2.05) is 0 Å². The van der Waals surface area contributed by atoms with Gasteiger partial charge in [-0.1, -0.05) is 0 Å². The molecule has 0 saturated heterocycles. The maximum absolute atomic E-state index is 2.54. The topological polar surface area (TPSA) is 0 Å².